The fourth-order valence-corrected chi connectivity index (χ4v) is 3.00. The number of amides is 2. The van der Waals surface area contributed by atoms with Crippen molar-refractivity contribution in [2.75, 3.05) is 18.4 Å². The minimum absolute atomic E-state index is 0.00968. The van der Waals surface area contributed by atoms with Crippen LogP contribution in [0, 0.1) is 0 Å². The Bertz CT molecular complexity index is 785. The van der Waals surface area contributed by atoms with Gasteiger partial charge in [0.05, 0.1) is 5.69 Å². The number of halogens is 3. The summed E-state index contributed by atoms with van der Waals surface area (Å²) in [5.74, 6) is 0. The van der Waals surface area contributed by atoms with Crippen LogP contribution < -0.4 is 11.1 Å². The molecular weight excluding hydrogens is 347 g/mol. The van der Waals surface area contributed by atoms with Crippen LogP contribution in [0.2, 0.25) is 0 Å². The number of nitrogens with two attached hydrogens (primary N) is 1. The monoisotopic (exact) mass is 367 g/mol. The van der Waals surface area contributed by atoms with Gasteiger partial charge in [0.1, 0.15) is 0 Å². The molecule has 2 aromatic rings. The van der Waals surface area contributed by atoms with Gasteiger partial charge < -0.3 is 16.0 Å². The Labute approximate surface area is 148 Å². The molecule has 140 valence electrons. The summed E-state index contributed by atoms with van der Waals surface area (Å²) in [7, 11) is 1.46. The van der Waals surface area contributed by atoms with Crippen molar-refractivity contribution in [3.63, 3.8) is 0 Å². The minimum Gasteiger partial charge on any atom is -0.326 e. The van der Waals surface area contributed by atoms with E-state index in [4.69, 9.17) is 5.73 Å². The summed E-state index contributed by atoms with van der Waals surface area (Å²) >= 11 is 0. The Hall–Kier alpha value is -2.55. The fraction of sp³-hybridized carbons (Fsp3) is 0.412. The second-order valence-electron chi connectivity index (χ2n) is 6.39. The number of alkyl halides is 3. The molecule has 1 aliphatic heterocycles. The van der Waals surface area contributed by atoms with Gasteiger partial charge in [0, 0.05) is 31.9 Å². The summed E-state index contributed by atoms with van der Waals surface area (Å²) in [4.78, 5) is 13.9. The summed E-state index contributed by atoms with van der Waals surface area (Å²) in [6.07, 6.45) is -2.71. The minimum atomic E-state index is -4.49. The van der Waals surface area contributed by atoms with Gasteiger partial charge in [-0.25, -0.2) is 4.79 Å². The summed E-state index contributed by atoms with van der Waals surface area (Å²) in [5, 5.41) is 6.28. The van der Waals surface area contributed by atoms with Crippen LogP contribution >= 0.6 is 0 Å². The average Bonchev–Trinajstić information content (AvgIpc) is 2.98. The number of benzene rings is 1. The standard InChI is InChI=1S/C17H20F3N5O/c1-24-14(9-15(23-24)17(18,19)20)11-4-6-13(7-5-11)22-16(26)25-8-2-3-12(21)10-25/h4-7,9,12H,2-3,8,10,21H2,1H3,(H,22,26)/t12-/m0/s1. The highest BCUT2D eigenvalue weighted by molar-refractivity contribution is 5.89. The lowest BCUT2D eigenvalue weighted by molar-refractivity contribution is -0.141. The highest BCUT2D eigenvalue weighted by atomic mass is 19.4. The quantitative estimate of drug-likeness (QED) is 0.857. The van der Waals surface area contributed by atoms with E-state index >= 15 is 0 Å². The molecule has 3 rings (SSSR count). The van der Waals surface area contributed by atoms with E-state index in [1.807, 2.05) is 0 Å². The van der Waals surface area contributed by atoms with Crippen LogP contribution in [0.4, 0.5) is 23.7 Å². The Morgan fingerprint density at radius 2 is 2.00 bits per heavy atom. The van der Waals surface area contributed by atoms with E-state index in [0.717, 1.165) is 18.9 Å². The first-order valence-electron chi connectivity index (χ1n) is 8.27. The predicted molar refractivity (Wildman–Crippen MR) is 91.4 cm³/mol. The van der Waals surface area contributed by atoms with E-state index in [1.165, 1.54) is 11.7 Å². The summed E-state index contributed by atoms with van der Waals surface area (Å²) in [6.45, 7) is 1.17. The van der Waals surface area contributed by atoms with Gasteiger partial charge in [-0.05, 0) is 36.6 Å². The van der Waals surface area contributed by atoms with Crippen molar-refractivity contribution in [1.82, 2.24) is 14.7 Å². The lowest BCUT2D eigenvalue weighted by Gasteiger charge is -2.30. The molecule has 1 fully saturated rings. The van der Waals surface area contributed by atoms with Crippen LogP contribution in [-0.4, -0.2) is 39.8 Å². The third kappa shape index (κ3) is 3.98. The SMILES string of the molecule is Cn1nc(C(F)(F)F)cc1-c1ccc(NC(=O)N2CCC[C@H](N)C2)cc1. The number of hydrogen-bond acceptors (Lipinski definition) is 3. The Morgan fingerprint density at radius 1 is 1.31 bits per heavy atom. The molecule has 0 bridgehead atoms. The van der Waals surface area contributed by atoms with Crippen LogP contribution in [0.5, 0.6) is 0 Å². The van der Waals surface area contributed by atoms with Crippen LogP contribution in [0.15, 0.2) is 30.3 Å². The zero-order valence-electron chi connectivity index (χ0n) is 14.3. The highest BCUT2D eigenvalue weighted by Gasteiger charge is 2.34. The van der Waals surface area contributed by atoms with Gasteiger partial charge in [0.15, 0.2) is 5.69 Å². The third-order valence-corrected chi connectivity index (χ3v) is 4.35. The molecule has 1 aromatic carbocycles. The van der Waals surface area contributed by atoms with Gasteiger partial charge in [-0.15, -0.1) is 0 Å². The van der Waals surface area contributed by atoms with Gasteiger partial charge in [-0.2, -0.15) is 18.3 Å². The van der Waals surface area contributed by atoms with E-state index in [-0.39, 0.29) is 12.1 Å². The van der Waals surface area contributed by atoms with Gasteiger partial charge >= 0.3 is 12.2 Å². The number of aromatic nitrogens is 2. The molecular formula is C17H20F3N5O. The van der Waals surface area contributed by atoms with E-state index in [2.05, 4.69) is 10.4 Å². The number of carbonyl (C=O) groups excluding carboxylic acids is 1. The van der Waals surface area contributed by atoms with Crippen LogP contribution in [-0.2, 0) is 13.2 Å². The first kappa shape index (κ1) is 18.2. The largest absolute Gasteiger partial charge is 0.435 e. The number of nitrogens with zero attached hydrogens (tertiary/aromatic N) is 3. The van der Waals surface area contributed by atoms with Crippen molar-refractivity contribution >= 4 is 11.7 Å². The summed E-state index contributed by atoms with van der Waals surface area (Å²) in [6, 6.07) is 7.36. The van der Waals surface area contributed by atoms with Crippen molar-refractivity contribution in [3.05, 3.63) is 36.0 Å². The predicted octanol–water partition coefficient (Wildman–Crippen LogP) is 3.06. The third-order valence-electron chi connectivity index (χ3n) is 4.35. The van der Waals surface area contributed by atoms with Gasteiger partial charge in [0.2, 0.25) is 0 Å². The Balaban J connectivity index is 1.71. The normalized spacial score (nSPS) is 18.0. The van der Waals surface area contributed by atoms with Crippen LogP contribution in [0.1, 0.15) is 18.5 Å². The van der Waals surface area contributed by atoms with Gasteiger partial charge in [0.25, 0.3) is 0 Å². The number of piperidine rings is 1. The highest BCUT2D eigenvalue weighted by Crippen LogP contribution is 2.31. The van der Waals surface area contributed by atoms with Crippen LogP contribution in [0.3, 0.4) is 0 Å². The molecule has 6 nitrogen and oxygen atoms in total. The summed E-state index contributed by atoms with van der Waals surface area (Å²) in [5.41, 5.74) is 6.43. The van der Waals surface area contributed by atoms with Crippen LogP contribution in [0.25, 0.3) is 11.3 Å². The fourth-order valence-electron chi connectivity index (χ4n) is 3.00. The molecule has 0 saturated carbocycles. The molecule has 1 aromatic heterocycles. The van der Waals surface area contributed by atoms with Crippen molar-refractivity contribution in [1.29, 1.82) is 0 Å². The number of hydrogen-bond donors (Lipinski definition) is 2. The number of anilines is 1. The lowest BCUT2D eigenvalue weighted by Crippen LogP contribution is -2.47. The number of carbonyl (C=O) groups is 1. The van der Waals surface area contributed by atoms with Crippen molar-refractivity contribution < 1.29 is 18.0 Å². The number of aryl methyl sites for hydroxylation is 1. The van der Waals surface area contributed by atoms with Gasteiger partial charge in [-0.3, -0.25) is 4.68 Å². The van der Waals surface area contributed by atoms with E-state index in [9.17, 15) is 18.0 Å². The first-order valence-corrected chi connectivity index (χ1v) is 8.27. The van der Waals surface area contributed by atoms with Crippen molar-refractivity contribution in [2.24, 2.45) is 12.8 Å². The zero-order chi connectivity index (χ0) is 18.9. The smallest absolute Gasteiger partial charge is 0.326 e. The molecule has 0 unspecified atom stereocenters. The molecule has 2 amide bonds. The Kier molecular flexibility index (Phi) is 4.90. The van der Waals surface area contributed by atoms with E-state index in [0.29, 0.717) is 30.0 Å². The molecule has 1 aliphatic rings. The number of nitrogens with one attached hydrogen (secondary N) is 1. The first-order chi connectivity index (χ1) is 12.2. The average molecular weight is 367 g/mol. The Morgan fingerprint density at radius 3 is 2.58 bits per heavy atom. The zero-order valence-corrected chi connectivity index (χ0v) is 14.3. The lowest BCUT2D eigenvalue weighted by atomic mass is 10.1. The van der Waals surface area contributed by atoms with E-state index < -0.39 is 11.9 Å². The molecule has 1 atom stereocenters. The second-order valence-corrected chi connectivity index (χ2v) is 6.39. The molecule has 9 heteroatoms. The molecule has 26 heavy (non-hydrogen) atoms. The number of urea groups is 1. The number of rotatable bonds is 2. The molecule has 2 heterocycles. The maximum absolute atomic E-state index is 12.8. The number of likely N-dealkylation sites (tertiary alicyclic amines) is 1. The van der Waals surface area contributed by atoms with E-state index in [1.54, 1.807) is 29.2 Å². The molecule has 0 aliphatic carbocycles. The maximum Gasteiger partial charge on any atom is 0.435 e. The topological polar surface area (TPSA) is 76.2 Å². The van der Waals surface area contributed by atoms with Gasteiger partial charge in [-0.1, -0.05) is 12.1 Å². The molecule has 0 radical (unpaired) electrons. The van der Waals surface area contributed by atoms with Crippen molar-refractivity contribution in [2.45, 2.75) is 25.1 Å². The molecule has 0 spiro atoms. The molecule has 3 N–H and O–H groups in total. The second kappa shape index (κ2) is 6.99. The maximum atomic E-state index is 12.8. The van der Waals surface area contributed by atoms with Crippen molar-refractivity contribution in [3.8, 4) is 11.3 Å². The molecule has 1 saturated heterocycles. The summed E-state index contributed by atoms with van der Waals surface area (Å²) < 4.78 is 39.5.